The van der Waals surface area contributed by atoms with E-state index in [2.05, 4.69) is 27.8 Å². The Bertz CT molecular complexity index is 322. The number of hydrogen-bond donors (Lipinski definition) is 2. The minimum atomic E-state index is 0.129. The van der Waals surface area contributed by atoms with Crippen molar-refractivity contribution in [1.82, 2.24) is 15.5 Å². The second kappa shape index (κ2) is 5.30. The van der Waals surface area contributed by atoms with E-state index in [4.69, 9.17) is 4.42 Å². The maximum atomic E-state index is 5.52. The highest BCUT2D eigenvalue weighted by atomic mass is 16.4. The van der Waals surface area contributed by atoms with Crippen LogP contribution in [0.5, 0.6) is 0 Å². The molecule has 0 aliphatic heterocycles. The molecule has 0 radical (unpaired) electrons. The Balaban J connectivity index is 1.80. The molecular formula is C11H20N4O. The molecular weight excluding hydrogens is 204 g/mol. The molecule has 2 rings (SSSR count). The van der Waals surface area contributed by atoms with Crippen molar-refractivity contribution in [3.63, 3.8) is 0 Å². The van der Waals surface area contributed by atoms with Crippen LogP contribution in [0.25, 0.3) is 0 Å². The SMILES string of the molecule is CCCNC(C)c1nnc(NCC2CC2)o1. The van der Waals surface area contributed by atoms with Crippen molar-refractivity contribution < 1.29 is 4.42 Å². The molecule has 0 saturated heterocycles. The number of nitrogens with one attached hydrogen (secondary N) is 2. The number of rotatable bonds is 7. The van der Waals surface area contributed by atoms with Crippen LogP contribution in [0.4, 0.5) is 6.01 Å². The molecule has 16 heavy (non-hydrogen) atoms. The molecule has 0 amide bonds. The molecule has 5 heteroatoms. The molecule has 1 aliphatic rings. The van der Waals surface area contributed by atoms with Gasteiger partial charge in [-0.25, -0.2) is 0 Å². The molecule has 0 bridgehead atoms. The van der Waals surface area contributed by atoms with Gasteiger partial charge in [0, 0.05) is 6.54 Å². The van der Waals surface area contributed by atoms with Crippen molar-refractivity contribution in [3.05, 3.63) is 5.89 Å². The van der Waals surface area contributed by atoms with E-state index in [0.29, 0.717) is 11.9 Å². The van der Waals surface area contributed by atoms with Crippen LogP contribution in [0.2, 0.25) is 0 Å². The molecule has 0 spiro atoms. The van der Waals surface area contributed by atoms with E-state index in [9.17, 15) is 0 Å². The van der Waals surface area contributed by atoms with Gasteiger partial charge in [-0.15, -0.1) is 5.10 Å². The summed E-state index contributed by atoms with van der Waals surface area (Å²) in [5, 5.41) is 14.5. The average Bonchev–Trinajstić information content (AvgIpc) is 3.00. The Kier molecular flexibility index (Phi) is 3.77. The summed E-state index contributed by atoms with van der Waals surface area (Å²) in [6, 6.07) is 0.677. The fourth-order valence-electron chi connectivity index (χ4n) is 1.48. The first-order chi connectivity index (χ1) is 7.79. The van der Waals surface area contributed by atoms with Crippen molar-refractivity contribution >= 4 is 6.01 Å². The summed E-state index contributed by atoms with van der Waals surface area (Å²) in [5.74, 6) is 1.47. The molecule has 0 aromatic carbocycles. The third-order valence-corrected chi connectivity index (χ3v) is 2.75. The minimum Gasteiger partial charge on any atom is -0.406 e. The van der Waals surface area contributed by atoms with Gasteiger partial charge >= 0.3 is 6.01 Å². The van der Waals surface area contributed by atoms with E-state index in [1.54, 1.807) is 0 Å². The summed E-state index contributed by atoms with van der Waals surface area (Å²) in [6.07, 6.45) is 3.75. The predicted octanol–water partition coefficient (Wildman–Crippen LogP) is 1.95. The zero-order chi connectivity index (χ0) is 11.4. The lowest BCUT2D eigenvalue weighted by Gasteiger charge is -2.07. The maximum Gasteiger partial charge on any atom is 0.315 e. The molecule has 1 aromatic rings. The number of aromatic nitrogens is 2. The van der Waals surface area contributed by atoms with E-state index < -0.39 is 0 Å². The monoisotopic (exact) mass is 224 g/mol. The first kappa shape index (κ1) is 11.4. The molecule has 1 heterocycles. The topological polar surface area (TPSA) is 63.0 Å². The normalized spacial score (nSPS) is 17.4. The summed E-state index contributed by atoms with van der Waals surface area (Å²) in [5.41, 5.74) is 0. The van der Waals surface area contributed by atoms with Crippen LogP contribution in [-0.4, -0.2) is 23.3 Å². The maximum absolute atomic E-state index is 5.52. The van der Waals surface area contributed by atoms with Crippen molar-refractivity contribution in [2.45, 2.75) is 39.2 Å². The first-order valence-corrected chi connectivity index (χ1v) is 6.10. The molecule has 1 unspecified atom stereocenters. The smallest absolute Gasteiger partial charge is 0.315 e. The van der Waals surface area contributed by atoms with Gasteiger partial charge in [-0.2, -0.15) is 0 Å². The second-order valence-corrected chi connectivity index (χ2v) is 4.45. The quantitative estimate of drug-likeness (QED) is 0.741. The second-order valence-electron chi connectivity index (χ2n) is 4.45. The largest absolute Gasteiger partial charge is 0.406 e. The lowest BCUT2D eigenvalue weighted by Crippen LogP contribution is -2.19. The third kappa shape index (κ3) is 3.20. The van der Waals surface area contributed by atoms with Gasteiger partial charge < -0.3 is 15.1 Å². The van der Waals surface area contributed by atoms with Crippen molar-refractivity contribution in [2.75, 3.05) is 18.4 Å². The highest BCUT2D eigenvalue weighted by Gasteiger charge is 2.22. The molecule has 1 aliphatic carbocycles. The molecule has 1 atom stereocenters. The summed E-state index contributed by atoms with van der Waals surface area (Å²) < 4.78 is 5.52. The molecule has 1 aromatic heterocycles. The van der Waals surface area contributed by atoms with Gasteiger partial charge in [-0.3, -0.25) is 0 Å². The van der Waals surface area contributed by atoms with E-state index in [0.717, 1.165) is 25.4 Å². The lowest BCUT2D eigenvalue weighted by atomic mass is 10.3. The Morgan fingerprint density at radius 2 is 2.25 bits per heavy atom. The summed E-state index contributed by atoms with van der Waals surface area (Å²) >= 11 is 0. The Labute approximate surface area is 96.0 Å². The summed E-state index contributed by atoms with van der Waals surface area (Å²) in [6.45, 7) is 6.09. The number of hydrogen-bond acceptors (Lipinski definition) is 5. The van der Waals surface area contributed by atoms with Crippen molar-refractivity contribution in [3.8, 4) is 0 Å². The van der Waals surface area contributed by atoms with Gasteiger partial charge in [0.25, 0.3) is 0 Å². The van der Waals surface area contributed by atoms with E-state index >= 15 is 0 Å². The van der Waals surface area contributed by atoms with Gasteiger partial charge in [-0.05, 0) is 38.6 Å². The van der Waals surface area contributed by atoms with Crippen LogP contribution < -0.4 is 10.6 Å². The van der Waals surface area contributed by atoms with E-state index in [-0.39, 0.29) is 6.04 Å². The minimum absolute atomic E-state index is 0.129. The summed E-state index contributed by atoms with van der Waals surface area (Å²) in [4.78, 5) is 0. The van der Waals surface area contributed by atoms with E-state index in [1.165, 1.54) is 12.8 Å². The van der Waals surface area contributed by atoms with Crippen LogP contribution in [0.15, 0.2) is 4.42 Å². The van der Waals surface area contributed by atoms with Gasteiger partial charge in [0.1, 0.15) is 0 Å². The van der Waals surface area contributed by atoms with E-state index in [1.807, 2.05) is 6.92 Å². The van der Waals surface area contributed by atoms with Gasteiger partial charge in [0.05, 0.1) is 6.04 Å². The van der Waals surface area contributed by atoms with Gasteiger partial charge in [0.15, 0.2) is 0 Å². The molecule has 5 nitrogen and oxygen atoms in total. The van der Waals surface area contributed by atoms with Crippen LogP contribution in [-0.2, 0) is 0 Å². The third-order valence-electron chi connectivity index (χ3n) is 2.75. The van der Waals surface area contributed by atoms with Crippen molar-refractivity contribution in [1.29, 1.82) is 0 Å². The highest BCUT2D eigenvalue weighted by Crippen LogP contribution is 2.28. The zero-order valence-corrected chi connectivity index (χ0v) is 9.99. The zero-order valence-electron chi connectivity index (χ0n) is 9.99. The Morgan fingerprint density at radius 3 is 2.94 bits per heavy atom. The van der Waals surface area contributed by atoms with Gasteiger partial charge in [0.2, 0.25) is 5.89 Å². The molecule has 1 saturated carbocycles. The average molecular weight is 224 g/mol. The molecule has 2 N–H and O–H groups in total. The number of anilines is 1. The fourth-order valence-corrected chi connectivity index (χ4v) is 1.48. The Hall–Kier alpha value is -1.10. The van der Waals surface area contributed by atoms with Crippen LogP contribution in [0, 0.1) is 5.92 Å². The summed E-state index contributed by atoms with van der Waals surface area (Å²) in [7, 11) is 0. The lowest BCUT2D eigenvalue weighted by molar-refractivity contribution is 0.423. The van der Waals surface area contributed by atoms with Crippen LogP contribution in [0.1, 0.15) is 45.0 Å². The fraction of sp³-hybridized carbons (Fsp3) is 0.818. The Morgan fingerprint density at radius 1 is 1.44 bits per heavy atom. The first-order valence-electron chi connectivity index (χ1n) is 6.10. The highest BCUT2D eigenvalue weighted by molar-refractivity contribution is 5.18. The molecule has 1 fully saturated rings. The predicted molar refractivity (Wildman–Crippen MR) is 62.2 cm³/mol. The number of nitrogens with zero attached hydrogens (tertiary/aromatic N) is 2. The van der Waals surface area contributed by atoms with Gasteiger partial charge in [-0.1, -0.05) is 12.0 Å². The molecule has 90 valence electrons. The van der Waals surface area contributed by atoms with Crippen LogP contribution in [0.3, 0.4) is 0 Å². The van der Waals surface area contributed by atoms with Crippen molar-refractivity contribution in [2.24, 2.45) is 5.92 Å². The van der Waals surface area contributed by atoms with Crippen LogP contribution >= 0.6 is 0 Å². The standard InChI is InChI=1S/C11H20N4O/c1-3-6-12-8(2)10-14-15-11(16-10)13-7-9-4-5-9/h8-9,12H,3-7H2,1-2H3,(H,13,15).